The summed E-state index contributed by atoms with van der Waals surface area (Å²) in [7, 11) is 0. The lowest BCUT2D eigenvalue weighted by molar-refractivity contribution is 0.479. The Bertz CT molecular complexity index is 120. The van der Waals surface area contributed by atoms with E-state index in [1.807, 2.05) is 6.08 Å². The quantitative estimate of drug-likeness (QED) is 0.487. The molecule has 1 aliphatic rings. The molecule has 1 nitrogen and oxygen atoms in total. The van der Waals surface area contributed by atoms with Crippen LogP contribution >= 0.6 is 0 Å². The largest absolute Gasteiger partial charge is 0.328 e. The van der Waals surface area contributed by atoms with Crippen molar-refractivity contribution in [1.29, 1.82) is 0 Å². The molecular weight excluding hydrogens is 134 g/mol. The zero-order valence-corrected chi connectivity index (χ0v) is 7.26. The minimum absolute atomic E-state index is 0.503. The van der Waals surface area contributed by atoms with Crippen LogP contribution in [0.25, 0.3) is 0 Å². The van der Waals surface area contributed by atoms with E-state index in [1.54, 1.807) is 0 Å². The summed E-state index contributed by atoms with van der Waals surface area (Å²) in [5, 5.41) is 0. The van der Waals surface area contributed by atoms with E-state index in [4.69, 9.17) is 5.73 Å². The maximum absolute atomic E-state index is 5.81. The Hall–Kier alpha value is -0.300. The highest BCUT2D eigenvalue weighted by atomic mass is 14.6. The molecule has 11 heavy (non-hydrogen) atoms. The predicted molar refractivity (Wildman–Crippen MR) is 49.4 cm³/mol. The van der Waals surface area contributed by atoms with Crippen LogP contribution in [0.5, 0.6) is 0 Å². The van der Waals surface area contributed by atoms with Gasteiger partial charge in [-0.2, -0.15) is 0 Å². The zero-order chi connectivity index (χ0) is 8.10. The van der Waals surface area contributed by atoms with Gasteiger partial charge in [0.1, 0.15) is 0 Å². The van der Waals surface area contributed by atoms with Crippen molar-refractivity contribution in [3.05, 3.63) is 12.7 Å². The summed E-state index contributed by atoms with van der Waals surface area (Å²) in [6.07, 6.45) is 9.72. The van der Waals surface area contributed by atoms with Crippen molar-refractivity contribution in [1.82, 2.24) is 0 Å². The highest BCUT2D eigenvalue weighted by molar-refractivity contribution is 4.78. The second kappa shape index (κ2) is 4.55. The molecule has 0 spiro atoms. The van der Waals surface area contributed by atoms with Crippen molar-refractivity contribution in [2.75, 3.05) is 0 Å². The van der Waals surface area contributed by atoms with Gasteiger partial charge in [0.25, 0.3) is 0 Å². The first-order valence-corrected chi connectivity index (χ1v) is 4.69. The Morgan fingerprint density at radius 1 is 1.45 bits per heavy atom. The van der Waals surface area contributed by atoms with Crippen molar-refractivity contribution in [2.45, 2.75) is 44.6 Å². The molecule has 0 amide bonds. The Kier molecular flexibility index (Phi) is 3.64. The minimum atomic E-state index is 0.503. The molecule has 0 aromatic carbocycles. The fourth-order valence-corrected chi connectivity index (χ4v) is 1.93. The zero-order valence-electron chi connectivity index (χ0n) is 7.26. The Balaban J connectivity index is 2.03. The summed E-state index contributed by atoms with van der Waals surface area (Å²) in [6.45, 7) is 3.72. The lowest BCUT2D eigenvalue weighted by Gasteiger charge is -2.06. The fraction of sp³-hybridized carbons (Fsp3) is 0.800. The normalized spacial score (nSPS) is 30.6. The van der Waals surface area contributed by atoms with Crippen LogP contribution in [0.3, 0.4) is 0 Å². The molecule has 64 valence electrons. The average Bonchev–Trinajstić information content (AvgIpc) is 2.37. The SMILES string of the molecule is C=CCCCC1CCC(N)C1. The molecule has 1 aliphatic carbocycles. The minimum Gasteiger partial charge on any atom is -0.328 e. The molecule has 0 aliphatic heterocycles. The molecule has 2 atom stereocenters. The summed E-state index contributed by atoms with van der Waals surface area (Å²) in [4.78, 5) is 0. The van der Waals surface area contributed by atoms with Gasteiger partial charge in [-0.3, -0.25) is 0 Å². The van der Waals surface area contributed by atoms with Gasteiger partial charge in [-0.15, -0.1) is 6.58 Å². The van der Waals surface area contributed by atoms with Crippen LogP contribution in [0, 0.1) is 5.92 Å². The highest BCUT2D eigenvalue weighted by Crippen LogP contribution is 2.28. The van der Waals surface area contributed by atoms with Crippen LogP contribution in [-0.2, 0) is 0 Å². The molecule has 2 unspecified atom stereocenters. The first-order valence-electron chi connectivity index (χ1n) is 4.69. The van der Waals surface area contributed by atoms with Gasteiger partial charge in [-0.25, -0.2) is 0 Å². The van der Waals surface area contributed by atoms with Crippen LogP contribution in [0.2, 0.25) is 0 Å². The van der Waals surface area contributed by atoms with Gasteiger partial charge >= 0.3 is 0 Å². The molecule has 1 saturated carbocycles. The number of hydrogen-bond acceptors (Lipinski definition) is 1. The first-order chi connectivity index (χ1) is 5.33. The van der Waals surface area contributed by atoms with Gasteiger partial charge in [0.15, 0.2) is 0 Å². The number of rotatable bonds is 4. The van der Waals surface area contributed by atoms with Gasteiger partial charge in [-0.1, -0.05) is 12.5 Å². The van der Waals surface area contributed by atoms with Crippen molar-refractivity contribution in [3.8, 4) is 0 Å². The highest BCUT2D eigenvalue weighted by Gasteiger charge is 2.20. The third kappa shape index (κ3) is 3.06. The molecule has 0 aromatic heterocycles. The van der Waals surface area contributed by atoms with Gasteiger partial charge in [0.05, 0.1) is 0 Å². The van der Waals surface area contributed by atoms with Crippen molar-refractivity contribution >= 4 is 0 Å². The molecule has 0 heterocycles. The monoisotopic (exact) mass is 153 g/mol. The molecule has 1 heteroatoms. The predicted octanol–water partition coefficient (Wildman–Crippen LogP) is 2.47. The Labute approximate surface area is 69.7 Å². The molecule has 0 radical (unpaired) electrons. The summed E-state index contributed by atoms with van der Waals surface area (Å²) in [5.74, 6) is 0.921. The van der Waals surface area contributed by atoms with E-state index in [0.717, 1.165) is 5.92 Å². The van der Waals surface area contributed by atoms with Gasteiger partial charge < -0.3 is 5.73 Å². The maximum atomic E-state index is 5.81. The smallest absolute Gasteiger partial charge is 0.00415 e. The van der Waals surface area contributed by atoms with Gasteiger partial charge in [-0.05, 0) is 38.0 Å². The van der Waals surface area contributed by atoms with Crippen LogP contribution in [0.1, 0.15) is 38.5 Å². The van der Waals surface area contributed by atoms with E-state index in [1.165, 1.54) is 38.5 Å². The van der Waals surface area contributed by atoms with E-state index in [0.29, 0.717) is 6.04 Å². The molecular formula is C10H19N. The molecule has 1 fully saturated rings. The summed E-state index contributed by atoms with van der Waals surface area (Å²) < 4.78 is 0. The summed E-state index contributed by atoms with van der Waals surface area (Å²) in [5.41, 5.74) is 5.81. The number of nitrogens with two attached hydrogens (primary N) is 1. The molecule has 1 rings (SSSR count). The standard InChI is InChI=1S/C10H19N/c1-2-3-4-5-9-6-7-10(11)8-9/h2,9-10H,1,3-8,11H2. The second-order valence-electron chi connectivity index (χ2n) is 3.66. The van der Waals surface area contributed by atoms with E-state index in [9.17, 15) is 0 Å². The topological polar surface area (TPSA) is 26.0 Å². The van der Waals surface area contributed by atoms with E-state index < -0.39 is 0 Å². The van der Waals surface area contributed by atoms with Crippen molar-refractivity contribution in [3.63, 3.8) is 0 Å². The maximum Gasteiger partial charge on any atom is 0.00415 e. The molecule has 0 saturated heterocycles. The number of hydrogen-bond donors (Lipinski definition) is 1. The Morgan fingerprint density at radius 3 is 2.82 bits per heavy atom. The van der Waals surface area contributed by atoms with Gasteiger partial charge in [0, 0.05) is 6.04 Å². The van der Waals surface area contributed by atoms with Gasteiger partial charge in [0.2, 0.25) is 0 Å². The number of unbranched alkanes of at least 4 members (excludes halogenated alkanes) is 1. The molecule has 0 aromatic rings. The lowest BCUT2D eigenvalue weighted by atomic mass is 10.0. The molecule has 0 bridgehead atoms. The molecule has 2 N–H and O–H groups in total. The van der Waals surface area contributed by atoms with Crippen LogP contribution < -0.4 is 5.73 Å². The first kappa shape index (κ1) is 8.79. The summed E-state index contributed by atoms with van der Waals surface area (Å²) in [6, 6.07) is 0.503. The summed E-state index contributed by atoms with van der Waals surface area (Å²) >= 11 is 0. The van der Waals surface area contributed by atoms with Crippen LogP contribution in [0.4, 0.5) is 0 Å². The van der Waals surface area contributed by atoms with Crippen LogP contribution in [0.15, 0.2) is 12.7 Å². The van der Waals surface area contributed by atoms with E-state index in [2.05, 4.69) is 6.58 Å². The fourth-order valence-electron chi connectivity index (χ4n) is 1.93. The van der Waals surface area contributed by atoms with Crippen molar-refractivity contribution in [2.24, 2.45) is 11.7 Å². The van der Waals surface area contributed by atoms with Crippen LogP contribution in [-0.4, -0.2) is 6.04 Å². The third-order valence-corrected chi connectivity index (χ3v) is 2.60. The lowest BCUT2D eigenvalue weighted by Crippen LogP contribution is -2.14. The second-order valence-corrected chi connectivity index (χ2v) is 3.66. The van der Waals surface area contributed by atoms with Crippen molar-refractivity contribution < 1.29 is 0 Å². The average molecular weight is 153 g/mol. The van der Waals surface area contributed by atoms with E-state index >= 15 is 0 Å². The van der Waals surface area contributed by atoms with E-state index in [-0.39, 0.29) is 0 Å². The Morgan fingerprint density at radius 2 is 2.27 bits per heavy atom. The third-order valence-electron chi connectivity index (χ3n) is 2.60. The number of allylic oxidation sites excluding steroid dienone is 1.